The summed E-state index contributed by atoms with van der Waals surface area (Å²) in [6, 6.07) is 0. The van der Waals surface area contributed by atoms with Crippen LogP contribution in [0.2, 0.25) is 0 Å². The van der Waals surface area contributed by atoms with E-state index in [0.29, 0.717) is 0 Å². The molecule has 0 aromatic carbocycles. The number of aliphatic imine (C=N–C) groups is 1. The molecular formula is C13H28N2. The topological polar surface area (TPSA) is 38.4 Å². The molecule has 0 bridgehead atoms. The number of hydrogen-bond donors (Lipinski definition) is 1. The molecule has 0 saturated heterocycles. The Bertz CT molecular complexity index is 132. The van der Waals surface area contributed by atoms with Crippen molar-refractivity contribution in [2.45, 2.75) is 71.1 Å². The minimum atomic E-state index is 0.910. The van der Waals surface area contributed by atoms with Crippen LogP contribution < -0.4 is 5.73 Å². The van der Waals surface area contributed by atoms with Gasteiger partial charge in [-0.3, -0.25) is 4.99 Å². The van der Waals surface area contributed by atoms with Crippen LogP contribution in [-0.4, -0.2) is 12.9 Å². The molecule has 0 aliphatic carbocycles. The predicted molar refractivity (Wildman–Crippen MR) is 69.4 cm³/mol. The summed E-state index contributed by atoms with van der Waals surface area (Å²) in [5.41, 5.74) is 5.16. The van der Waals surface area contributed by atoms with Gasteiger partial charge in [-0.1, -0.05) is 64.7 Å². The van der Waals surface area contributed by atoms with E-state index >= 15 is 0 Å². The molecule has 0 fully saturated rings. The van der Waals surface area contributed by atoms with E-state index in [1.165, 1.54) is 70.5 Å². The van der Waals surface area contributed by atoms with Crippen molar-refractivity contribution in [1.82, 2.24) is 0 Å². The fraction of sp³-hybridized carbons (Fsp3) is 0.923. The first kappa shape index (κ1) is 14.5. The number of nitrogens with zero attached hydrogens (tertiary/aromatic N) is 1. The third kappa shape index (κ3) is 13.5. The highest BCUT2D eigenvalue weighted by Crippen LogP contribution is 2.10. The lowest BCUT2D eigenvalue weighted by atomic mass is 10.1. The largest absolute Gasteiger partial charge is 0.390 e. The van der Waals surface area contributed by atoms with E-state index in [2.05, 4.69) is 11.9 Å². The summed E-state index contributed by atoms with van der Waals surface area (Å²) in [6.07, 6.45) is 15.2. The summed E-state index contributed by atoms with van der Waals surface area (Å²) in [5.74, 6) is 0. The zero-order valence-corrected chi connectivity index (χ0v) is 10.4. The van der Waals surface area contributed by atoms with Crippen LogP contribution in [0.5, 0.6) is 0 Å². The lowest BCUT2D eigenvalue weighted by molar-refractivity contribution is 0.558. The van der Waals surface area contributed by atoms with Crippen LogP contribution in [0.4, 0.5) is 0 Å². The lowest BCUT2D eigenvalue weighted by Crippen LogP contribution is -1.91. The molecule has 2 N–H and O–H groups in total. The molecule has 0 rings (SSSR count). The second-order valence-electron chi connectivity index (χ2n) is 4.24. The van der Waals surface area contributed by atoms with Gasteiger partial charge in [0.05, 0.1) is 6.34 Å². The van der Waals surface area contributed by atoms with Gasteiger partial charge in [0.15, 0.2) is 0 Å². The van der Waals surface area contributed by atoms with Crippen LogP contribution in [-0.2, 0) is 0 Å². The van der Waals surface area contributed by atoms with E-state index in [1.54, 1.807) is 0 Å². The number of rotatable bonds is 11. The molecule has 90 valence electrons. The maximum absolute atomic E-state index is 5.16. The van der Waals surface area contributed by atoms with Gasteiger partial charge in [0.1, 0.15) is 0 Å². The molecule has 0 unspecified atom stereocenters. The molecule has 0 aromatic heterocycles. The Morgan fingerprint density at radius 3 is 1.73 bits per heavy atom. The molecule has 0 atom stereocenters. The second-order valence-corrected chi connectivity index (χ2v) is 4.24. The van der Waals surface area contributed by atoms with E-state index in [0.717, 1.165) is 6.54 Å². The van der Waals surface area contributed by atoms with Gasteiger partial charge in [-0.2, -0.15) is 0 Å². The summed E-state index contributed by atoms with van der Waals surface area (Å²) in [5, 5.41) is 0. The highest BCUT2D eigenvalue weighted by molar-refractivity contribution is 5.50. The van der Waals surface area contributed by atoms with E-state index in [9.17, 15) is 0 Å². The predicted octanol–water partition coefficient (Wildman–Crippen LogP) is 3.89. The third-order valence-electron chi connectivity index (χ3n) is 2.75. The molecule has 2 heteroatoms. The Morgan fingerprint density at radius 1 is 0.800 bits per heavy atom. The molecule has 0 aromatic rings. The summed E-state index contributed by atoms with van der Waals surface area (Å²) in [7, 11) is 0. The van der Waals surface area contributed by atoms with Crippen molar-refractivity contribution in [3.8, 4) is 0 Å². The van der Waals surface area contributed by atoms with Gasteiger partial charge in [-0.05, 0) is 6.42 Å². The molecule has 0 heterocycles. The van der Waals surface area contributed by atoms with Gasteiger partial charge in [-0.25, -0.2) is 0 Å². The molecule has 0 spiro atoms. The van der Waals surface area contributed by atoms with Gasteiger partial charge >= 0.3 is 0 Å². The smallest absolute Gasteiger partial charge is 0.0797 e. The maximum Gasteiger partial charge on any atom is 0.0797 e. The monoisotopic (exact) mass is 212 g/mol. The van der Waals surface area contributed by atoms with Gasteiger partial charge in [0.2, 0.25) is 0 Å². The summed E-state index contributed by atoms with van der Waals surface area (Å²) in [4.78, 5) is 3.99. The van der Waals surface area contributed by atoms with Crippen molar-refractivity contribution in [1.29, 1.82) is 0 Å². The molecule has 0 aliphatic rings. The molecule has 15 heavy (non-hydrogen) atoms. The Labute approximate surface area is 95.4 Å². The number of unbranched alkanes of at least 4 members (excludes halogenated alkanes) is 9. The van der Waals surface area contributed by atoms with Crippen LogP contribution in [0.1, 0.15) is 71.1 Å². The maximum atomic E-state index is 5.16. The quantitative estimate of drug-likeness (QED) is 0.315. The number of nitrogens with two attached hydrogens (primary N) is 1. The normalized spacial score (nSPS) is 11.3. The molecular weight excluding hydrogens is 184 g/mol. The van der Waals surface area contributed by atoms with Crippen LogP contribution in [0.25, 0.3) is 0 Å². The average molecular weight is 212 g/mol. The Kier molecular flexibility index (Phi) is 13.0. The van der Waals surface area contributed by atoms with E-state index < -0.39 is 0 Å². The number of hydrogen-bond acceptors (Lipinski definition) is 1. The van der Waals surface area contributed by atoms with Crippen molar-refractivity contribution >= 4 is 6.34 Å². The van der Waals surface area contributed by atoms with Crippen LogP contribution in [0.15, 0.2) is 4.99 Å². The highest BCUT2D eigenvalue weighted by atomic mass is 14.8. The molecule has 0 radical (unpaired) electrons. The average Bonchev–Trinajstić information content (AvgIpc) is 2.26. The summed E-state index contributed by atoms with van der Waals surface area (Å²) < 4.78 is 0. The molecule has 0 amide bonds. The van der Waals surface area contributed by atoms with Crippen molar-refractivity contribution in [2.75, 3.05) is 6.54 Å². The van der Waals surface area contributed by atoms with Crippen molar-refractivity contribution < 1.29 is 0 Å². The first-order valence-corrected chi connectivity index (χ1v) is 6.61. The van der Waals surface area contributed by atoms with Gasteiger partial charge in [0.25, 0.3) is 0 Å². The Balaban J connectivity index is 2.86. The minimum Gasteiger partial charge on any atom is -0.390 e. The van der Waals surface area contributed by atoms with Gasteiger partial charge in [0, 0.05) is 6.54 Å². The minimum absolute atomic E-state index is 0.910. The highest BCUT2D eigenvalue weighted by Gasteiger charge is 1.91. The SMILES string of the molecule is CCCCCCCCCCCCN=CN. The van der Waals surface area contributed by atoms with E-state index in [-0.39, 0.29) is 0 Å². The molecule has 0 aliphatic heterocycles. The van der Waals surface area contributed by atoms with Crippen LogP contribution in [0.3, 0.4) is 0 Å². The fourth-order valence-electron chi connectivity index (χ4n) is 1.77. The zero-order chi connectivity index (χ0) is 11.2. The van der Waals surface area contributed by atoms with Gasteiger partial charge in [-0.15, -0.1) is 0 Å². The molecule has 2 nitrogen and oxygen atoms in total. The van der Waals surface area contributed by atoms with E-state index in [1.807, 2.05) is 0 Å². The summed E-state index contributed by atoms with van der Waals surface area (Å²) in [6.45, 7) is 3.18. The first-order chi connectivity index (χ1) is 7.41. The Hall–Kier alpha value is -0.530. The third-order valence-corrected chi connectivity index (χ3v) is 2.75. The van der Waals surface area contributed by atoms with Crippen molar-refractivity contribution in [3.05, 3.63) is 0 Å². The zero-order valence-electron chi connectivity index (χ0n) is 10.4. The van der Waals surface area contributed by atoms with E-state index in [4.69, 9.17) is 5.73 Å². The Morgan fingerprint density at radius 2 is 1.27 bits per heavy atom. The first-order valence-electron chi connectivity index (χ1n) is 6.61. The molecule has 0 saturated carbocycles. The fourth-order valence-corrected chi connectivity index (χ4v) is 1.77. The lowest BCUT2D eigenvalue weighted by Gasteiger charge is -2.00. The van der Waals surface area contributed by atoms with Crippen molar-refractivity contribution in [2.24, 2.45) is 10.7 Å². The van der Waals surface area contributed by atoms with Gasteiger partial charge < -0.3 is 5.73 Å². The van der Waals surface area contributed by atoms with Crippen LogP contribution in [0, 0.1) is 0 Å². The summed E-state index contributed by atoms with van der Waals surface area (Å²) >= 11 is 0. The van der Waals surface area contributed by atoms with Crippen LogP contribution >= 0.6 is 0 Å². The van der Waals surface area contributed by atoms with Crippen molar-refractivity contribution in [3.63, 3.8) is 0 Å². The second kappa shape index (κ2) is 13.5. The standard InChI is InChI=1S/C13H28N2/c1-2-3-4-5-6-7-8-9-10-11-12-15-13-14/h13H,2-12H2,1H3,(H2,14,15).